The Kier molecular flexibility index (Phi) is 11.0. The van der Waals surface area contributed by atoms with E-state index in [9.17, 15) is 9.59 Å². The van der Waals surface area contributed by atoms with E-state index in [-0.39, 0.29) is 18.4 Å². The molecule has 25 heavy (non-hydrogen) atoms. The van der Waals surface area contributed by atoms with Crippen LogP contribution in [0.2, 0.25) is 5.02 Å². The van der Waals surface area contributed by atoms with Crippen LogP contribution < -0.4 is 4.74 Å². The van der Waals surface area contributed by atoms with Crippen LogP contribution in [0.5, 0.6) is 5.75 Å². The zero-order valence-corrected chi connectivity index (χ0v) is 16.1. The summed E-state index contributed by atoms with van der Waals surface area (Å²) < 4.78 is 10.4. The molecule has 1 aromatic rings. The van der Waals surface area contributed by atoms with E-state index in [1.807, 2.05) is 13.0 Å². The topological polar surface area (TPSA) is 52.6 Å². The third-order valence-electron chi connectivity index (χ3n) is 3.83. The van der Waals surface area contributed by atoms with Crippen molar-refractivity contribution in [3.63, 3.8) is 0 Å². The Balaban J connectivity index is 2.09. The van der Waals surface area contributed by atoms with Gasteiger partial charge in [0.2, 0.25) is 0 Å². The summed E-state index contributed by atoms with van der Waals surface area (Å²) in [5.74, 6) is -0.142. The third kappa shape index (κ3) is 10.1. The molecule has 5 heteroatoms. The second-order valence-corrected chi connectivity index (χ2v) is 6.66. The smallest absolute Gasteiger partial charge is 0.311 e. The van der Waals surface area contributed by atoms with Gasteiger partial charge in [-0.05, 0) is 43.9 Å². The molecular weight excluding hydrogens is 340 g/mol. The van der Waals surface area contributed by atoms with Gasteiger partial charge in [0.05, 0.1) is 11.6 Å². The molecule has 0 radical (unpaired) electrons. The van der Waals surface area contributed by atoms with E-state index in [0.29, 0.717) is 36.6 Å². The number of halogens is 1. The van der Waals surface area contributed by atoms with Crippen LogP contribution in [0.3, 0.4) is 0 Å². The van der Waals surface area contributed by atoms with Crippen LogP contribution >= 0.6 is 11.6 Å². The lowest BCUT2D eigenvalue weighted by atomic mass is 10.2. The lowest BCUT2D eigenvalue weighted by molar-refractivity contribution is -0.144. The van der Waals surface area contributed by atoms with E-state index in [0.717, 1.165) is 18.4 Å². The Labute approximate surface area is 155 Å². The quantitative estimate of drug-likeness (QED) is 0.272. The van der Waals surface area contributed by atoms with Crippen molar-refractivity contribution in [1.82, 2.24) is 0 Å². The number of carbonyl (C=O) groups excluding carboxylic acids is 2. The number of hydrogen-bond donors (Lipinski definition) is 0. The molecule has 0 spiro atoms. The first-order valence-electron chi connectivity index (χ1n) is 9.15. The molecule has 0 unspecified atom stereocenters. The van der Waals surface area contributed by atoms with Gasteiger partial charge in [0.1, 0.15) is 5.75 Å². The lowest BCUT2D eigenvalue weighted by Crippen LogP contribution is -2.09. The molecule has 0 atom stereocenters. The first kappa shape index (κ1) is 21.5. The lowest BCUT2D eigenvalue weighted by Gasteiger charge is -2.07. The molecule has 0 aliphatic rings. The van der Waals surface area contributed by atoms with E-state index in [1.165, 1.54) is 19.3 Å². The molecule has 0 aromatic heterocycles. The van der Waals surface area contributed by atoms with Crippen LogP contribution in [-0.4, -0.2) is 18.5 Å². The molecule has 0 saturated carbocycles. The van der Waals surface area contributed by atoms with Gasteiger partial charge in [-0.15, -0.1) is 0 Å². The van der Waals surface area contributed by atoms with Gasteiger partial charge < -0.3 is 9.47 Å². The fraction of sp³-hybridized carbons (Fsp3) is 0.600. The predicted molar refractivity (Wildman–Crippen MR) is 100 cm³/mol. The third-order valence-corrected chi connectivity index (χ3v) is 4.15. The Hall–Kier alpha value is -1.55. The number of ether oxygens (including phenoxy) is 2. The highest BCUT2D eigenvalue weighted by atomic mass is 35.5. The summed E-state index contributed by atoms with van der Waals surface area (Å²) >= 11 is 5.99. The first-order chi connectivity index (χ1) is 12.0. The zero-order valence-electron chi connectivity index (χ0n) is 15.3. The molecule has 0 bridgehead atoms. The Morgan fingerprint density at radius 1 is 0.960 bits per heavy atom. The van der Waals surface area contributed by atoms with Crippen LogP contribution in [0.4, 0.5) is 0 Å². The molecule has 0 N–H and O–H groups in total. The second kappa shape index (κ2) is 12.8. The number of unbranched alkanes of at least 4 members (excludes halogenated alkanes) is 5. The second-order valence-electron chi connectivity index (χ2n) is 6.25. The number of aryl methyl sites for hydroxylation is 1. The van der Waals surface area contributed by atoms with Crippen molar-refractivity contribution in [2.24, 2.45) is 0 Å². The average molecular weight is 369 g/mol. The van der Waals surface area contributed by atoms with Crippen molar-refractivity contribution in [2.45, 2.75) is 71.6 Å². The minimum Gasteiger partial charge on any atom is -0.466 e. The van der Waals surface area contributed by atoms with Gasteiger partial charge in [-0.25, -0.2) is 0 Å². The predicted octanol–water partition coefficient (Wildman–Crippen LogP) is 5.63. The number of esters is 2. The molecule has 0 saturated heterocycles. The van der Waals surface area contributed by atoms with E-state index >= 15 is 0 Å². The SMILES string of the molecule is CCCCCCCOC(=O)CCCCC(=O)Oc1cc(C)ccc1Cl. The van der Waals surface area contributed by atoms with Crippen molar-refractivity contribution in [3.8, 4) is 5.75 Å². The average Bonchev–Trinajstić information content (AvgIpc) is 2.58. The van der Waals surface area contributed by atoms with Crippen molar-refractivity contribution < 1.29 is 19.1 Å². The van der Waals surface area contributed by atoms with E-state index in [2.05, 4.69) is 6.92 Å². The summed E-state index contributed by atoms with van der Waals surface area (Å²) in [6, 6.07) is 5.30. The molecule has 4 nitrogen and oxygen atoms in total. The molecule has 1 rings (SSSR count). The van der Waals surface area contributed by atoms with Gasteiger partial charge in [-0.1, -0.05) is 50.3 Å². The Morgan fingerprint density at radius 3 is 2.36 bits per heavy atom. The molecule has 1 aromatic carbocycles. The molecule has 140 valence electrons. The van der Waals surface area contributed by atoms with Crippen molar-refractivity contribution in [1.29, 1.82) is 0 Å². The van der Waals surface area contributed by atoms with Gasteiger partial charge in [0.15, 0.2) is 0 Å². The summed E-state index contributed by atoms with van der Waals surface area (Å²) in [6.45, 7) is 4.57. The molecular formula is C20H29ClO4. The Morgan fingerprint density at radius 2 is 1.64 bits per heavy atom. The van der Waals surface area contributed by atoms with Crippen LogP contribution in [0.1, 0.15) is 70.3 Å². The molecule has 0 aliphatic carbocycles. The maximum absolute atomic E-state index is 11.8. The molecule has 0 aliphatic heterocycles. The maximum atomic E-state index is 11.8. The standard InChI is InChI=1S/C20H29ClO4/c1-3-4-5-6-9-14-24-19(22)10-7-8-11-20(23)25-18-15-16(2)12-13-17(18)21/h12-13,15H,3-11,14H2,1-2H3. The highest BCUT2D eigenvalue weighted by Gasteiger charge is 2.09. The van der Waals surface area contributed by atoms with Gasteiger partial charge in [-0.3, -0.25) is 9.59 Å². The maximum Gasteiger partial charge on any atom is 0.311 e. The van der Waals surface area contributed by atoms with Crippen LogP contribution in [0, 0.1) is 6.92 Å². The number of carbonyl (C=O) groups is 2. The summed E-state index contributed by atoms with van der Waals surface area (Å²) in [5, 5.41) is 0.418. The van der Waals surface area contributed by atoms with Crippen LogP contribution in [0.25, 0.3) is 0 Å². The number of benzene rings is 1. The fourth-order valence-corrected chi connectivity index (χ4v) is 2.52. The molecule has 0 fully saturated rings. The summed E-state index contributed by atoms with van der Waals surface area (Å²) in [5.41, 5.74) is 0.977. The summed E-state index contributed by atoms with van der Waals surface area (Å²) in [7, 11) is 0. The number of hydrogen-bond acceptors (Lipinski definition) is 4. The Bertz CT molecular complexity index is 542. The van der Waals surface area contributed by atoms with Gasteiger partial charge >= 0.3 is 11.9 Å². The minimum atomic E-state index is -0.336. The zero-order chi connectivity index (χ0) is 18.5. The van der Waals surface area contributed by atoms with Crippen molar-refractivity contribution in [3.05, 3.63) is 28.8 Å². The number of rotatable bonds is 12. The van der Waals surface area contributed by atoms with E-state index in [4.69, 9.17) is 21.1 Å². The van der Waals surface area contributed by atoms with Gasteiger partial charge in [0, 0.05) is 12.8 Å². The summed E-state index contributed by atoms with van der Waals surface area (Å²) in [4.78, 5) is 23.4. The minimum absolute atomic E-state index is 0.189. The highest BCUT2D eigenvalue weighted by Crippen LogP contribution is 2.25. The summed E-state index contributed by atoms with van der Waals surface area (Å²) in [6.07, 6.45) is 7.47. The van der Waals surface area contributed by atoms with Crippen LogP contribution in [0.15, 0.2) is 18.2 Å². The van der Waals surface area contributed by atoms with Crippen LogP contribution in [-0.2, 0) is 14.3 Å². The fourth-order valence-electron chi connectivity index (χ4n) is 2.36. The van der Waals surface area contributed by atoms with Crippen molar-refractivity contribution >= 4 is 23.5 Å². The van der Waals surface area contributed by atoms with Gasteiger partial charge in [0.25, 0.3) is 0 Å². The van der Waals surface area contributed by atoms with E-state index in [1.54, 1.807) is 12.1 Å². The molecule has 0 heterocycles. The molecule has 0 amide bonds. The monoisotopic (exact) mass is 368 g/mol. The highest BCUT2D eigenvalue weighted by molar-refractivity contribution is 6.32. The van der Waals surface area contributed by atoms with Crippen molar-refractivity contribution in [2.75, 3.05) is 6.61 Å². The van der Waals surface area contributed by atoms with Gasteiger partial charge in [-0.2, -0.15) is 0 Å². The first-order valence-corrected chi connectivity index (χ1v) is 9.53. The van der Waals surface area contributed by atoms with E-state index < -0.39 is 0 Å². The normalized spacial score (nSPS) is 10.5. The largest absolute Gasteiger partial charge is 0.466 e.